The van der Waals surface area contributed by atoms with Crippen LogP contribution in [-0.2, 0) is 4.32 Å². The van der Waals surface area contributed by atoms with Gasteiger partial charge in [0.1, 0.15) is 5.76 Å². The van der Waals surface area contributed by atoms with E-state index in [2.05, 4.69) is 40.0 Å². The van der Waals surface area contributed by atoms with Crippen LogP contribution in [0.4, 0.5) is 0 Å². The second kappa shape index (κ2) is 4.06. The van der Waals surface area contributed by atoms with Crippen LogP contribution in [0.25, 0.3) is 11.5 Å². The molecule has 0 radical (unpaired) electrons. The number of benzene rings is 1. The lowest BCUT2D eigenvalue weighted by Gasteiger charge is -2.10. The Labute approximate surface area is 104 Å². The van der Waals surface area contributed by atoms with Gasteiger partial charge in [0.25, 0.3) is 0 Å². The molecular weight excluding hydrogens is 266 g/mol. The van der Waals surface area contributed by atoms with E-state index in [0.717, 1.165) is 11.3 Å². The lowest BCUT2D eigenvalue weighted by molar-refractivity contribution is 0.481. The number of nitrogens with zero attached hydrogens (tertiary/aromatic N) is 1. The van der Waals surface area contributed by atoms with Crippen molar-refractivity contribution in [1.29, 1.82) is 0 Å². The van der Waals surface area contributed by atoms with Crippen molar-refractivity contribution in [1.82, 2.24) is 4.98 Å². The number of hydrogen-bond acceptors (Lipinski definition) is 2. The van der Waals surface area contributed by atoms with E-state index in [1.807, 2.05) is 26.0 Å². The summed E-state index contributed by atoms with van der Waals surface area (Å²) in [6.45, 7) is 6.13. The summed E-state index contributed by atoms with van der Waals surface area (Å²) in [6.07, 6.45) is 1.77. The molecule has 1 heterocycles. The Balaban J connectivity index is 2.35. The van der Waals surface area contributed by atoms with Crippen molar-refractivity contribution in [3.63, 3.8) is 0 Å². The van der Waals surface area contributed by atoms with Gasteiger partial charge in [0.15, 0.2) is 0 Å². The van der Waals surface area contributed by atoms with Gasteiger partial charge in [-0.3, -0.25) is 0 Å². The second-order valence-corrected chi connectivity index (χ2v) is 6.35. The maximum absolute atomic E-state index is 5.72. The van der Waals surface area contributed by atoms with Gasteiger partial charge in [-0.15, -0.1) is 0 Å². The van der Waals surface area contributed by atoms with Crippen molar-refractivity contribution in [2.24, 2.45) is 0 Å². The average Bonchev–Trinajstić information content (AvgIpc) is 2.67. The van der Waals surface area contributed by atoms with E-state index in [-0.39, 0.29) is 4.32 Å². The third-order valence-corrected chi connectivity index (χ3v) is 2.78. The van der Waals surface area contributed by atoms with Crippen LogP contribution in [0.1, 0.15) is 25.2 Å². The van der Waals surface area contributed by atoms with Crippen molar-refractivity contribution in [2.45, 2.75) is 25.1 Å². The zero-order valence-corrected chi connectivity index (χ0v) is 11.2. The molecule has 0 fully saturated rings. The van der Waals surface area contributed by atoms with Crippen LogP contribution >= 0.6 is 15.9 Å². The number of oxazole rings is 1. The molecule has 0 unspecified atom stereocenters. The fourth-order valence-electron chi connectivity index (χ4n) is 1.38. The molecule has 0 spiro atoms. The zero-order chi connectivity index (χ0) is 11.8. The summed E-state index contributed by atoms with van der Waals surface area (Å²) in [5.41, 5.74) is 2.24. The number of aryl methyl sites for hydroxylation is 1. The van der Waals surface area contributed by atoms with Crippen LogP contribution in [0.15, 0.2) is 34.9 Å². The average molecular weight is 280 g/mol. The third kappa shape index (κ3) is 2.35. The second-order valence-electron chi connectivity index (χ2n) is 4.37. The van der Waals surface area contributed by atoms with E-state index in [9.17, 15) is 0 Å². The molecule has 3 heteroatoms. The fraction of sp³-hybridized carbons (Fsp3) is 0.308. The van der Waals surface area contributed by atoms with Crippen LogP contribution in [0.3, 0.4) is 0 Å². The predicted octanol–water partition coefficient (Wildman–Crippen LogP) is 4.28. The summed E-state index contributed by atoms with van der Waals surface area (Å²) in [5, 5.41) is 0. The molecule has 0 N–H and O–H groups in total. The molecule has 0 saturated carbocycles. The van der Waals surface area contributed by atoms with Gasteiger partial charge in [0, 0.05) is 5.56 Å². The Hall–Kier alpha value is -1.09. The monoisotopic (exact) mass is 279 g/mol. The van der Waals surface area contributed by atoms with Crippen molar-refractivity contribution in [2.75, 3.05) is 0 Å². The van der Waals surface area contributed by atoms with Crippen LogP contribution in [0, 0.1) is 6.92 Å². The fourth-order valence-corrected chi connectivity index (χ4v) is 1.56. The Kier molecular flexibility index (Phi) is 2.89. The molecular formula is C13H14BrNO. The van der Waals surface area contributed by atoms with E-state index >= 15 is 0 Å². The number of alkyl halides is 1. The van der Waals surface area contributed by atoms with Crippen molar-refractivity contribution in [3.05, 3.63) is 41.8 Å². The number of rotatable bonds is 2. The minimum Gasteiger partial charge on any atom is -0.440 e. The zero-order valence-electron chi connectivity index (χ0n) is 9.62. The Morgan fingerprint density at radius 1 is 1.19 bits per heavy atom. The molecule has 0 amide bonds. The van der Waals surface area contributed by atoms with Gasteiger partial charge in [0.05, 0.1) is 10.5 Å². The minimum atomic E-state index is -0.178. The van der Waals surface area contributed by atoms with Gasteiger partial charge >= 0.3 is 0 Å². The topological polar surface area (TPSA) is 26.0 Å². The predicted molar refractivity (Wildman–Crippen MR) is 68.6 cm³/mol. The molecule has 0 aliphatic carbocycles. The first-order valence-corrected chi connectivity index (χ1v) is 5.98. The van der Waals surface area contributed by atoms with Crippen molar-refractivity contribution >= 4 is 15.9 Å². The van der Waals surface area contributed by atoms with E-state index < -0.39 is 0 Å². The molecule has 16 heavy (non-hydrogen) atoms. The first kappa shape index (κ1) is 11.4. The van der Waals surface area contributed by atoms with Gasteiger partial charge in [-0.05, 0) is 32.9 Å². The molecule has 1 aromatic heterocycles. The summed E-state index contributed by atoms with van der Waals surface area (Å²) >= 11 is 3.55. The Morgan fingerprint density at radius 2 is 1.81 bits per heavy atom. The number of aromatic nitrogens is 1. The molecule has 84 valence electrons. The van der Waals surface area contributed by atoms with Crippen molar-refractivity contribution < 1.29 is 4.42 Å². The molecule has 2 rings (SSSR count). The maximum atomic E-state index is 5.72. The highest BCUT2D eigenvalue weighted by molar-refractivity contribution is 9.09. The Morgan fingerprint density at radius 3 is 2.31 bits per heavy atom. The molecule has 0 aliphatic heterocycles. The minimum absolute atomic E-state index is 0.178. The summed E-state index contributed by atoms with van der Waals surface area (Å²) in [7, 11) is 0. The lowest BCUT2D eigenvalue weighted by atomic mass is 10.1. The Bertz CT molecular complexity index is 479. The maximum Gasteiger partial charge on any atom is 0.226 e. The van der Waals surface area contributed by atoms with Crippen LogP contribution in [0.5, 0.6) is 0 Å². The summed E-state index contributed by atoms with van der Waals surface area (Å²) in [6, 6.07) is 8.15. The molecule has 2 aromatic rings. The highest BCUT2D eigenvalue weighted by atomic mass is 79.9. The summed E-state index contributed by atoms with van der Waals surface area (Å²) in [4.78, 5) is 4.29. The van der Waals surface area contributed by atoms with Gasteiger partial charge < -0.3 is 4.42 Å². The summed E-state index contributed by atoms with van der Waals surface area (Å²) < 4.78 is 5.54. The molecule has 0 bridgehead atoms. The molecule has 0 atom stereocenters. The van der Waals surface area contributed by atoms with Gasteiger partial charge in [-0.1, -0.05) is 33.6 Å². The van der Waals surface area contributed by atoms with E-state index in [4.69, 9.17) is 4.42 Å². The SMILES string of the molecule is Cc1ccc(-c2ncc(C(C)(C)Br)o2)cc1. The number of hydrogen-bond donors (Lipinski definition) is 0. The van der Waals surface area contributed by atoms with Gasteiger partial charge in [0.2, 0.25) is 5.89 Å². The number of halogens is 1. The van der Waals surface area contributed by atoms with E-state index in [1.165, 1.54) is 5.56 Å². The summed E-state index contributed by atoms with van der Waals surface area (Å²) in [5.74, 6) is 1.51. The molecule has 0 saturated heterocycles. The third-order valence-electron chi connectivity index (χ3n) is 2.39. The van der Waals surface area contributed by atoms with Crippen molar-refractivity contribution in [3.8, 4) is 11.5 Å². The largest absolute Gasteiger partial charge is 0.440 e. The standard InChI is InChI=1S/C13H14BrNO/c1-9-4-6-10(7-5-9)12-15-8-11(16-12)13(2,3)14/h4-8H,1-3H3. The quantitative estimate of drug-likeness (QED) is 0.767. The molecule has 2 nitrogen and oxygen atoms in total. The lowest BCUT2D eigenvalue weighted by Crippen LogP contribution is -2.04. The van der Waals surface area contributed by atoms with Gasteiger partial charge in [-0.2, -0.15) is 0 Å². The first-order chi connectivity index (χ1) is 7.47. The van der Waals surface area contributed by atoms with Gasteiger partial charge in [-0.25, -0.2) is 4.98 Å². The first-order valence-electron chi connectivity index (χ1n) is 5.19. The van der Waals surface area contributed by atoms with E-state index in [1.54, 1.807) is 6.20 Å². The normalized spacial score (nSPS) is 11.8. The van der Waals surface area contributed by atoms with Crippen LogP contribution < -0.4 is 0 Å². The highest BCUT2D eigenvalue weighted by Crippen LogP contribution is 2.32. The molecule has 0 aliphatic rings. The smallest absolute Gasteiger partial charge is 0.226 e. The highest BCUT2D eigenvalue weighted by Gasteiger charge is 2.21. The van der Waals surface area contributed by atoms with E-state index in [0.29, 0.717) is 5.89 Å². The van der Waals surface area contributed by atoms with Crippen LogP contribution in [0.2, 0.25) is 0 Å². The molecule has 1 aromatic carbocycles. The van der Waals surface area contributed by atoms with Crippen LogP contribution in [-0.4, -0.2) is 4.98 Å².